The van der Waals surface area contributed by atoms with Gasteiger partial charge in [-0.25, -0.2) is 4.79 Å². The highest BCUT2D eigenvalue weighted by Crippen LogP contribution is 2.23. The van der Waals surface area contributed by atoms with Crippen LogP contribution in [0, 0.1) is 12.8 Å². The van der Waals surface area contributed by atoms with Gasteiger partial charge in [-0.05, 0) is 37.3 Å². The van der Waals surface area contributed by atoms with E-state index in [-0.39, 0.29) is 32.0 Å². The molecule has 0 bridgehead atoms. The number of esters is 5. The Labute approximate surface area is 331 Å². The highest BCUT2D eigenvalue weighted by Gasteiger charge is 2.47. The summed E-state index contributed by atoms with van der Waals surface area (Å²) in [7, 11) is 0. The summed E-state index contributed by atoms with van der Waals surface area (Å²) in [5, 5.41) is 7.75. The molecule has 6 atom stereocenters. The van der Waals surface area contributed by atoms with Gasteiger partial charge >= 0.3 is 35.9 Å². The Hall–Kier alpha value is -6.00. The standard InChI is InChI=1S/C40H53N3O14/c1-9-52-34(48)20-31(30-17-15-24(4)16-18-30)41-39(50)37(57-28(8)47)36(56-27(7)46)35(55-26(6)45)33(22-53-25(5)44)42-38(49)32(19-23(2)3)43-40(51)54-21-29-13-11-10-12-14-29/h10-18,23,31-33,35-37H,9,19-22H2,1-8H3,(H,41,50)(H,42,49)(H,43,51)/t31-,32-,33-,35+,36+,37-/m0/s1. The maximum Gasteiger partial charge on any atom is 0.408 e. The molecule has 2 aromatic carbocycles. The molecule has 3 N–H and O–H groups in total. The van der Waals surface area contributed by atoms with Gasteiger partial charge in [0.2, 0.25) is 12.0 Å². The molecule has 0 aliphatic carbocycles. The first-order valence-electron chi connectivity index (χ1n) is 18.3. The lowest BCUT2D eigenvalue weighted by Crippen LogP contribution is -2.62. The third kappa shape index (κ3) is 17.6. The molecular formula is C40H53N3O14. The third-order valence-electron chi connectivity index (χ3n) is 7.97. The zero-order valence-electron chi connectivity index (χ0n) is 33.5. The van der Waals surface area contributed by atoms with Crippen molar-refractivity contribution in [3.05, 3.63) is 71.3 Å². The molecular weight excluding hydrogens is 746 g/mol. The SMILES string of the molecule is CCOC(=O)C[C@H](NC(=O)[C@@H](OC(C)=O)[C@H](OC(C)=O)[C@H](OC(C)=O)[C@H](COC(C)=O)NC(=O)[C@H](CC(C)C)NC(=O)OCc1ccccc1)c1ccc(C)cc1. The van der Waals surface area contributed by atoms with Crippen LogP contribution in [0.5, 0.6) is 0 Å². The minimum absolute atomic E-state index is 0.0555. The van der Waals surface area contributed by atoms with Crippen molar-refractivity contribution < 1.29 is 66.8 Å². The predicted octanol–water partition coefficient (Wildman–Crippen LogP) is 3.29. The second-order valence-electron chi connectivity index (χ2n) is 13.5. The van der Waals surface area contributed by atoms with Gasteiger partial charge in [-0.1, -0.05) is 74.0 Å². The highest BCUT2D eigenvalue weighted by molar-refractivity contribution is 5.87. The lowest BCUT2D eigenvalue weighted by atomic mass is 9.97. The van der Waals surface area contributed by atoms with Gasteiger partial charge in [-0.15, -0.1) is 0 Å². The van der Waals surface area contributed by atoms with E-state index < -0.39 is 90.8 Å². The number of carbonyl (C=O) groups is 8. The summed E-state index contributed by atoms with van der Waals surface area (Å²) in [5.74, 6) is -6.66. The van der Waals surface area contributed by atoms with Crippen molar-refractivity contribution in [2.24, 2.45) is 5.92 Å². The van der Waals surface area contributed by atoms with E-state index in [4.69, 9.17) is 28.4 Å². The quantitative estimate of drug-likeness (QED) is 0.122. The van der Waals surface area contributed by atoms with Crippen LogP contribution in [0.1, 0.15) is 84.0 Å². The van der Waals surface area contributed by atoms with Crippen molar-refractivity contribution in [2.75, 3.05) is 13.2 Å². The van der Waals surface area contributed by atoms with Gasteiger partial charge in [0.15, 0.2) is 12.2 Å². The summed E-state index contributed by atoms with van der Waals surface area (Å²) in [6.07, 6.45) is -7.16. The lowest BCUT2D eigenvalue weighted by Gasteiger charge is -2.36. The Morgan fingerprint density at radius 2 is 1.25 bits per heavy atom. The Morgan fingerprint density at radius 1 is 0.649 bits per heavy atom. The number of nitrogens with one attached hydrogen (secondary N) is 3. The smallest absolute Gasteiger partial charge is 0.408 e. The summed E-state index contributed by atoms with van der Waals surface area (Å²) < 4.78 is 32.1. The van der Waals surface area contributed by atoms with Crippen molar-refractivity contribution in [2.45, 2.75) is 111 Å². The van der Waals surface area contributed by atoms with E-state index in [9.17, 15) is 38.4 Å². The van der Waals surface area contributed by atoms with E-state index in [2.05, 4.69) is 16.0 Å². The second-order valence-corrected chi connectivity index (χ2v) is 13.5. The summed E-state index contributed by atoms with van der Waals surface area (Å²) >= 11 is 0. The summed E-state index contributed by atoms with van der Waals surface area (Å²) in [4.78, 5) is 104. The van der Waals surface area contributed by atoms with Crippen LogP contribution in [0.3, 0.4) is 0 Å². The largest absolute Gasteiger partial charge is 0.466 e. The summed E-state index contributed by atoms with van der Waals surface area (Å²) in [6.45, 7) is 10.3. The maximum absolute atomic E-state index is 14.2. The van der Waals surface area contributed by atoms with Crippen LogP contribution in [-0.4, -0.2) is 91.4 Å². The van der Waals surface area contributed by atoms with Crippen LogP contribution in [-0.2, 0) is 68.6 Å². The van der Waals surface area contributed by atoms with Gasteiger partial charge in [-0.2, -0.15) is 0 Å². The molecule has 0 aliphatic heterocycles. The Kier molecular flexibility index (Phi) is 19.7. The molecule has 0 aliphatic rings. The maximum atomic E-state index is 14.2. The molecule has 17 nitrogen and oxygen atoms in total. The van der Waals surface area contributed by atoms with Crippen molar-refractivity contribution in [3.8, 4) is 0 Å². The minimum atomic E-state index is -2.08. The number of alkyl carbamates (subject to hydrolysis) is 1. The zero-order chi connectivity index (χ0) is 42.7. The Balaban J connectivity index is 2.61. The van der Waals surface area contributed by atoms with Gasteiger partial charge in [0.1, 0.15) is 25.3 Å². The van der Waals surface area contributed by atoms with Crippen molar-refractivity contribution in [3.63, 3.8) is 0 Å². The fourth-order valence-electron chi connectivity index (χ4n) is 5.52. The molecule has 312 valence electrons. The van der Waals surface area contributed by atoms with Crippen molar-refractivity contribution >= 4 is 47.8 Å². The Morgan fingerprint density at radius 3 is 1.79 bits per heavy atom. The molecule has 3 amide bonds. The first-order chi connectivity index (χ1) is 26.9. The number of rotatable bonds is 21. The van der Waals surface area contributed by atoms with Crippen LogP contribution in [0.2, 0.25) is 0 Å². The first kappa shape index (κ1) is 47.2. The fourth-order valence-corrected chi connectivity index (χ4v) is 5.52. The summed E-state index contributed by atoms with van der Waals surface area (Å²) in [5.41, 5.74) is 2.04. The van der Waals surface area contributed by atoms with Crippen molar-refractivity contribution in [1.82, 2.24) is 16.0 Å². The van der Waals surface area contributed by atoms with Crippen LogP contribution in [0.25, 0.3) is 0 Å². The molecule has 17 heteroatoms. The average Bonchev–Trinajstić information content (AvgIpc) is 3.12. The average molecular weight is 800 g/mol. The number of amides is 3. The molecule has 0 radical (unpaired) electrons. The van der Waals surface area contributed by atoms with Gasteiger partial charge in [0.05, 0.1) is 19.1 Å². The van der Waals surface area contributed by atoms with E-state index in [0.717, 1.165) is 33.3 Å². The molecule has 0 saturated carbocycles. The molecule has 0 unspecified atom stereocenters. The van der Waals surface area contributed by atoms with E-state index in [1.165, 1.54) is 0 Å². The second kappa shape index (κ2) is 23.8. The highest BCUT2D eigenvalue weighted by atomic mass is 16.6. The van der Waals surface area contributed by atoms with Crippen LogP contribution >= 0.6 is 0 Å². The van der Waals surface area contributed by atoms with E-state index in [0.29, 0.717) is 11.1 Å². The predicted molar refractivity (Wildman–Crippen MR) is 202 cm³/mol. The molecule has 0 aromatic heterocycles. The number of ether oxygens (including phenoxy) is 6. The topological polar surface area (TPSA) is 228 Å². The molecule has 0 spiro atoms. The summed E-state index contributed by atoms with van der Waals surface area (Å²) in [6, 6.07) is 11.7. The first-order valence-corrected chi connectivity index (χ1v) is 18.3. The van der Waals surface area contributed by atoms with Crippen LogP contribution in [0.15, 0.2) is 54.6 Å². The van der Waals surface area contributed by atoms with Gasteiger partial charge in [0, 0.05) is 27.7 Å². The molecule has 0 heterocycles. The minimum Gasteiger partial charge on any atom is -0.466 e. The molecule has 0 fully saturated rings. The number of hydrogen-bond donors (Lipinski definition) is 3. The van der Waals surface area contributed by atoms with E-state index in [1.54, 1.807) is 75.4 Å². The monoisotopic (exact) mass is 799 g/mol. The zero-order valence-corrected chi connectivity index (χ0v) is 33.5. The van der Waals surface area contributed by atoms with E-state index >= 15 is 0 Å². The third-order valence-corrected chi connectivity index (χ3v) is 7.97. The van der Waals surface area contributed by atoms with Gasteiger partial charge < -0.3 is 44.4 Å². The Bertz CT molecular complexity index is 1680. The van der Waals surface area contributed by atoms with E-state index in [1.807, 2.05) is 6.92 Å². The van der Waals surface area contributed by atoms with Gasteiger partial charge in [0.25, 0.3) is 5.91 Å². The van der Waals surface area contributed by atoms with Gasteiger partial charge in [-0.3, -0.25) is 33.6 Å². The lowest BCUT2D eigenvalue weighted by molar-refractivity contribution is -0.190. The molecule has 2 rings (SSSR count). The fraction of sp³-hybridized carbons (Fsp3) is 0.500. The van der Waals surface area contributed by atoms with Crippen molar-refractivity contribution in [1.29, 1.82) is 0 Å². The normalized spacial score (nSPS) is 13.9. The number of benzene rings is 2. The number of carbonyl (C=O) groups excluding carboxylic acids is 8. The number of aryl methyl sites for hydroxylation is 1. The molecule has 2 aromatic rings. The molecule has 0 saturated heterocycles. The van der Waals surface area contributed by atoms with Crippen LogP contribution < -0.4 is 16.0 Å². The van der Waals surface area contributed by atoms with Crippen LogP contribution in [0.4, 0.5) is 4.79 Å². The number of hydrogen-bond acceptors (Lipinski definition) is 14. The molecule has 57 heavy (non-hydrogen) atoms.